The highest BCUT2D eigenvalue weighted by Crippen LogP contribution is 2.14. The number of benzene rings is 2. The van der Waals surface area contributed by atoms with Crippen LogP contribution in [-0.2, 0) is 6.54 Å². The zero-order valence-electron chi connectivity index (χ0n) is 13.4. The average Bonchev–Trinajstić information content (AvgIpc) is 2.67. The highest BCUT2D eigenvalue weighted by atomic mass is 16.2. The van der Waals surface area contributed by atoms with E-state index in [0.717, 1.165) is 11.3 Å². The van der Waals surface area contributed by atoms with Gasteiger partial charge in [-0.15, -0.1) is 0 Å². The van der Waals surface area contributed by atoms with E-state index in [1.807, 2.05) is 60.7 Å². The van der Waals surface area contributed by atoms with Crippen LogP contribution < -0.4 is 10.2 Å². The van der Waals surface area contributed by atoms with Crippen LogP contribution in [0, 0.1) is 0 Å². The van der Waals surface area contributed by atoms with Crippen LogP contribution in [0.1, 0.15) is 16.1 Å². The van der Waals surface area contributed by atoms with Crippen LogP contribution in [-0.4, -0.2) is 22.9 Å². The van der Waals surface area contributed by atoms with Crippen LogP contribution in [0.3, 0.4) is 0 Å². The molecule has 0 unspecified atom stereocenters. The van der Waals surface area contributed by atoms with Gasteiger partial charge in [0.2, 0.25) is 5.95 Å². The van der Waals surface area contributed by atoms with Crippen molar-refractivity contribution in [2.45, 2.75) is 6.54 Å². The average molecular weight is 318 g/mol. The Bertz CT molecular complexity index is 806. The van der Waals surface area contributed by atoms with Crippen molar-refractivity contribution in [3.8, 4) is 0 Å². The van der Waals surface area contributed by atoms with E-state index < -0.39 is 0 Å². The van der Waals surface area contributed by atoms with Gasteiger partial charge in [-0.3, -0.25) is 4.79 Å². The molecule has 24 heavy (non-hydrogen) atoms. The molecule has 0 aliphatic rings. The third-order valence-electron chi connectivity index (χ3n) is 3.62. The van der Waals surface area contributed by atoms with Crippen LogP contribution in [0.25, 0.3) is 0 Å². The maximum absolute atomic E-state index is 12.6. The molecule has 0 aliphatic carbocycles. The first-order valence-electron chi connectivity index (χ1n) is 7.68. The van der Waals surface area contributed by atoms with Crippen molar-refractivity contribution in [2.75, 3.05) is 17.3 Å². The van der Waals surface area contributed by atoms with Crippen LogP contribution in [0.2, 0.25) is 0 Å². The van der Waals surface area contributed by atoms with Gasteiger partial charge in [-0.05, 0) is 23.8 Å². The maximum Gasteiger partial charge on any atom is 0.276 e. The lowest BCUT2D eigenvalue weighted by Crippen LogP contribution is -2.27. The van der Waals surface area contributed by atoms with Gasteiger partial charge in [-0.1, -0.05) is 48.5 Å². The van der Waals surface area contributed by atoms with Gasteiger partial charge >= 0.3 is 0 Å². The SMILES string of the molecule is CN(C(=O)c1ccnc(NCc2ccccc2)n1)c1ccccc1. The van der Waals surface area contributed by atoms with E-state index in [9.17, 15) is 4.79 Å². The molecule has 0 radical (unpaired) electrons. The molecule has 0 fully saturated rings. The Labute approximate surface area is 141 Å². The second-order valence-corrected chi connectivity index (χ2v) is 5.30. The Balaban J connectivity index is 1.71. The van der Waals surface area contributed by atoms with Crippen LogP contribution >= 0.6 is 0 Å². The molecule has 5 nitrogen and oxygen atoms in total. The highest BCUT2D eigenvalue weighted by Gasteiger charge is 2.15. The van der Waals surface area contributed by atoms with E-state index in [4.69, 9.17) is 0 Å². The molecule has 5 heteroatoms. The van der Waals surface area contributed by atoms with E-state index >= 15 is 0 Å². The molecule has 0 saturated heterocycles. The third-order valence-corrected chi connectivity index (χ3v) is 3.62. The normalized spacial score (nSPS) is 10.2. The predicted octanol–water partition coefficient (Wildman–Crippen LogP) is 3.37. The number of nitrogens with one attached hydrogen (secondary N) is 1. The van der Waals surface area contributed by atoms with Crippen molar-refractivity contribution >= 4 is 17.5 Å². The monoisotopic (exact) mass is 318 g/mol. The number of hydrogen-bond acceptors (Lipinski definition) is 4. The van der Waals surface area contributed by atoms with Crippen molar-refractivity contribution in [1.82, 2.24) is 9.97 Å². The zero-order chi connectivity index (χ0) is 16.8. The molecule has 3 rings (SSSR count). The molecular weight excluding hydrogens is 300 g/mol. The second-order valence-electron chi connectivity index (χ2n) is 5.30. The summed E-state index contributed by atoms with van der Waals surface area (Å²) in [6, 6.07) is 21.1. The number of rotatable bonds is 5. The first kappa shape index (κ1) is 15.7. The number of hydrogen-bond donors (Lipinski definition) is 1. The second kappa shape index (κ2) is 7.37. The van der Waals surface area contributed by atoms with Crippen molar-refractivity contribution in [1.29, 1.82) is 0 Å². The molecular formula is C19H18N4O. The summed E-state index contributed by atoms with van der Waals surface area (Å²) in [5.41, 5.74) is 2.30. The molecule has 120 valence electrons. The number of anilines is 2. The summed E-state index contributed by atoms with van der Waals surface area (Å²) < 4.78 is 0. The van der Waals surface area contributed by atoms with Gasteiger partial charge in [0.05, 0.1) is 0 Å². The summed E-state index contributed by atoms with van der Waals surface area (Å²) in [5, 5.41) is 3.14. The van der Waals surface area contributed by atoms with Gasteiger partial charge in [0.15, 0.2) is 0 Å². The molecule has 0 bridgehead atoms. The number of nitrogens with zero attached hydrogens (tertiary/aromatic N) is 3. The first-order valence-corrected chi connectivity index (χ1v) is 7.68. The molecule has 3 aromatic rings. The maximum atomic E-state index is 12.6. The smallest absolute Gasteiger partial charge is 0.276 e. The number of amides is 1. The lowest BCUT2D eigenvalue weighted by Gasteiger charge is -2.17. The molecule has 2 aromatic carbocycles. The minimum atomic E-state index is -0.175. The van der Waals surface area contributed by atoms with E-state index in [-0.39, 0.29) is 5.91 Å². The molecule has 0 atom stereocenters. The molecule has 1 aromatic heterocycles. The van der Waals surface area contributed by atoms with Crippen molar-refractivity contribution in [3.05, 3.63) is 84.2 Å². The quantitative estimate of drug-likeness (QED) is 0.783. The number of carbonyl (C=O) groups is 1. The first-order chi connectivity index (χ1) is 11.7. The molecule has 1 heterocycles. The van der Waals surface area contributed by atoms with Gasteiger partial charge < -0.3 is 10.2 Å². The lowest BCUT2D eigenvalue weighted by molar-refractivity contribution is 0.0988. The summed E-state index contributed by atoms with van der Waals surface area (Å²) in [5.74, 6) is 0.262. The molecule has 1 N–H and O–H groups in total. The van der Waals surface area contributed by atoms with E-state index in [0.29, 0.717) is 18.2 Å². The number of para-hydroxylation sites is 1. The Kier molecular flexibility index (Phi) is 4.81. The van der Waals surface area contributed by atoms with E-state index in [1.54, 1.807) is 24.2 Å². The van der Waals surface area contributed by atoms with E-state index in [2.05, 4.69) is 15.3 Å². The fourth-order valence-electron chi connectivity index (χ4n) is 2.28. The lowest BCUT2D eigenvalue weighted by atomic mass is 10.2. The van der Waals surface area contributed by atoms with Crippen LogP contribution in [0.4, 0.5) is 11.6 Å². The summed E-state index contributed by atoms with van der Waals surface area (Å²) in [7, 11) is 1.73. The Morgan fingerprint density at radius 1 is 1.00 bits per heavy atom. The largest absolute Gasteiger partial charge is 0.350 e. The summed E-state index contributed by atoms with van der Waals surface area (Å²) in [6.45, 7) is 0.604. The Morgan fingerprint density at radius 2 is 1.67 bits per heavy atom. The minimum absolute atomic E-state index is 0.175. The Hall–Kier alpha value is -3.21. The van der Waals surface area contributed by atoms with Gasteiger partial charge in [-0.25, -0.2) is 9.97 Å². The summed E-state index contributed by atoms with van der Waals surface area (Å²) >= 11 is 0. The van der Waals surface area contributed by atoms with Crippen LogP contribution in [0.5, 0.6) is 0 Å². The van der Waals surface area contributed by atoms with Crippen molar-refractivity contribution < 1.29 is 4.79 Å². The summed E-state index contributed by atoms with van der Waals surface area (Å²) in [4.78, 5) is 22.6. The van der Waals surface area contributed by atoms with Crippen molar-refractivity contribution in [2.24, 2.45) is 0 Å². The topological polar surface area (TPSA) is 58.1 Å². The predicted molar refractivity (Wildman–Crippen MR) is 95.0 cm³/mol. The number of aromatic nitrogens is 2. The standard InChI is InChI=1S/C19H18N4O/c1-23(16-10-6-3-7-11-16)18(24)17-12-13-20-19(22-17)21-14-15-8-4-2-5-9-15/h2-13H,14H2,1H3,(H,20,21,22). The van der Waals surface area contributed by atoms with Gasteiger partial charge in [-0.2, -0.15) is 0 Å². The zero-order valence-corrected chi connectivity index (χ0v) is 13.4. The van der Waals surface area contributed by atoms with Gasteiger partial charge in [0, 0.05) is 25.5 Å². The summed E-state index contributed by atoms with van der Waals surface area (Å²) in [6.07, 6.45) is 1.59. The van der Waals surface area contributed by atoms with Gasteiger partial charge in [0.1, 0.15) is 5.69 Å². The van der Waals surface area contributed by atoms with Gasteiger partial charge in [0.25, 0.3) is 5.91 Å². The highest BCUT2D eigenvalue weighted by molar-refractivity contribution is 6.04. The Morgan fingerprint density at radius 3 is 2.38 bits per heavy atom. The molecule has 0 aliphatic heterocycles. The van der Waals surface area contributed by atoms with Crippen LogP contribution in [0.15, 0.2) is 72.9 Å². The number of carbonyl (C=O) groups excluding carboxylic acids is 1. The third kappa shape index (κ3) is 3.76. The van der Waals surface area contributed by atoms with E-state index in [1.165, 1.54) is 0 Å². The molecule has 0 spiro atoms. The van der Waals surface area contributed by atoms with Crippen molar-refractivity contribution in [3.63, 3.8) is 0 Å². The fraction of sp³-hybridized carbons (Fsp3) is 0.105. The fourth-order valence-corrected chi connectivity index (χ4v) is 2.28. The minimum Gasteiger partial charge on any atom is -0.350 e. The molecule has 0 saturated carbocycles. The molecule has 1 amide bonds.